The molecule has 0 amide bonds. The lowest BCUT2D eigenvalue weighted by Crippen LogP contribution is -1.92. The average Bonchev–Trinajstić information content (AvgIpc) is 2.68. The maximum Gasteiger partial charge on any atom is 0.141 e. The first-order valence-corrected chi connectivity index (χ1v) is 9.06. The summed E-state index contributed by atoms with van der Waals surface area (Å²) in [6.45, 7) is 2.20. The van der Waals surface area contributed by atoms with Crippen LogP contribution < -0.4 is 0 Å². The summed E-state index contributed by atoms with van der Waals surface area (Å²) in [4.78, 5) is 0. The molecule has 130 valence electrons. The molecule has 0 N–H and O–H groups in total. The molecule has 0 radical (unpaired) electrons. The van der Waals surface area contributed by atoms with Crippen LogP contribution in [0, 0.1) is 17.1 Å². The van der Waals surface area contributed by atoms with Gasteiger partial charge >= 0.3 is 0 Å². The normalized spacial score (nSPS) is 10.5. The second-order valence-corrected chi connectivity index (χ2v) is 6.57. The van der Waals surface area contributed by atoms with E-state index in [-0.39, 0.29) is 5.56 Å². The minimum atomic E-state index is -0.472. The van der Waals surface area contributed by atoms with Gasteiger partial charge in [-0.15, -0.1) is 0 Å². The molecule has 0 spiro atoms. The molecule has 0 heterocycles. The number of benzene rings is 3. The molecule has 0 aromatic heterocycles. The fraction of sp³-hybridized carbons (Fsp3) is 0.208. The van der Waals surface area contributed by atoms with Crippen molar-refractivity contribution >= 4 is 0 Å². The Morgan fingerprint density at radius 2 is 1.23 bits per heavy atom. The summed E-state index contributed by atoms with van der Waals surface area (Å²) in [6.07, 6.45) is 4.30. The van der Waals surface area contributed by atoms with Gasteiger partial charge in [-0.1, -0.05) is 67.9 Å². The number of hydrogen-bond donors (Lipinski definition) is 0. The molecule has 0 bridgehead atoms. The standard InChI is InChI=1S/C24H22FN/c1-2-3-18-4-6-19(7-5-18)8-9-20-10-12-21(13-11-20)22-14-15-23(17-26)24(25)16-22/h4-7,10-16H,2-3,8-9H2,1H3. The fourth-order valence-electron chi connectivity index (χ4n) is 3.10. The lowest BCUT2D eigenvalue weighted by Gasteiger charge is -2.07. The molecule has 0 saturated heterocycles. The summed E-state index contributed by atoms with van der Waals surface area (Å²) in [5.41, 5.74) is 5.84. The van der Waals surface area contributed by atoms with E-state index in [0.29, 0.717) is 0 Å². The van der Waals surface area contributed by atoms with Gasteiger partial charge in [0.25, 0.3) is 0 Å². The van der Waals surface area contributed by atoms with Gasteiger partial charge in [0, 0.05) is 0 Å². The van der Waals surface area contributed by atoms with Gasteiger partial charge in [0.2, 0.25) is 0 Å². The van der Waals surface area contributed by atoms with Crippen LogP contribution in [-0.4, -0.2) is 0 Å². The molecule has 0 atom stereocenters. The number of halogens is 1. The minimum Gasteiger partial charge on any atom is -0.206 e. The zero-order valence-electron chi connectivity index (χ0n) is 15.0. The molecule has 0 fully saturated rings. The van der Waals surface area contributed by atoms with Gasteiger partial charge in [0.15, 0.2) is 0 Å². The number of hydrogen-bond acceptors (Lipinski definition) is 1. The third-order valence-electron chi connectivity index (χ3n) is 4.64. The van der Waals surface area contributed by atoms with E-state index in [0.717, 1.165) is 30.4 Å². The van der Waals surface area contributed by atoms with E-state index in [2.05, 4.69) is 43.3 Å². The van der Waals surface area contributed by atoms with E-state index in [1.54, 1.807) is 6.07 Å². The summed E-state index contributed by atoms with van der Waals surface area (Å²) >= 11 is 0. The highest BCUT2D eigenvalue weighted by Gasteiger charge is 2.05. The number of rotatable bonds is 6. The van der Waals surface area contributed by atoms with Crippen molar-refractivity contribution in [3.05, 3.63) is 94.8 Å². The van der Waals surface area contributed by atoms with Crippen molar-refractivity contribution in [1.29, 1.82) is 5.26 Å². The van der Waals surface area contributed by atoms with Crippen LogP contribution in [0.25, 0.3) is 11.1 Å². The maximum atomic E-state index is 13.8. The summed E-state index contributed by atoms with van der Waals surface area (Å²) in [5, 5.41) is 8.82. The Hall–Kier alpha value is -2.92. The van der Waals surface area contributed by atoms with Crippen molar-refractivity contribution in [3.63, 3.8) is 0 Å². The van der Waals surface area contributed by atoms with Crippen molar-refractivity contribution < 1.29 is 4.39 Å². The van der Waals surface area contributed by atoms with Crippen LogP contribution in [0.4, 0.5) is 4.39 Å². The van der Waals surface area contributed by atoms with Gasteiger partial charge in [0.05, 0.1) is 5.56 Å². The van der Waals surface area contributed by atoms with Crippen LogP contribution >= 0.6 is 0 Å². The van der Waals surface area contributed by atoms with Gasteiger partial charge < -0.3 is 0 Å². The SMILES string of the molecule is CCCc1ccc(CCc2ccc(-c3ccc(C#N)c(F)c3)cc2)cc1. The third kappa shape index (κ3) is 4.37. The zero-order chi connectivity index (χ0) is 18.4. The number of aryl methyl sites for hydroxylation is 3. The van der Waals surface area contributed by atoms with Crippen LogP contribution in [0.2, 0.25) is 0 Å². The Morgan fingerprint density at radius 3 is 1.73 bits per heavy atom. The second-order valence-electron chi connectivity index (χ2n) is 6.57. The summed E-state index contributed by atoms with van der Waals surface area (Å²) in [6, 6.07) is 23.7. The molecule has 26 heavy (non-hydrogen) atoms. The quantitative estimate of drug-likeness (QED) is 0.530. The van der Waals surface area contributed by atoms with Crippen LogP contribution in [0.3, 0.4) is 0 Å². The molecular weight excluding hydrogens is 321 g/mol. The largest absolute Gasteiger partial charge is 0.206 e. The predicted molar refractivity (Wildman–Crippen MR) is 104 cm³/mol. The monoisotopic (exact) mass is 343 g/mol. The van der Waals surface area contributed by atoms with Crippen LogP contribution in [0.15, 0.2) is 66.7 Å². The highest BCUT2D eigenvalue weighted by Crippen LogP contribution is 2.22. The molecule has 3 aromatic rings. The van der Waals surface area contributed by atoms with Gasteiger partial charge in [-0.25, -0.2) is 4.39 Å². The highest BCUT2D eigenvalue weighted by molar-refractivity contribution is 5.64. The Balaban J connectivity index is 1.64. The van der Waals surface area contributed by atoms with Crippen LogP contribution in [0.5, 0.6) is 0 Å². The number of nitrogens with zero attached hydrogens (tertiary/aromatic N) is 1. The topological polar surface area (TPSA) is 23.8 Å². The average molecular weight is 343 g/mol. The minimum absolute atomic E-state index is 0.0790. The van der Waals surface area contributed by atoms with Gasteiger partial charge in [-0.05, 0) is 59.2 Å². The number of nitriles is 1. The van der Waals surface area contributed by atoms with E-state index in [9.17, 15) is 4.39 Å². The van der Waals surface area contributed by atoms with Crippen molar-refractivity contribution in [3.8, 4) is 17.2 Å². The summed E-state index contributed by atoms with van der Waals surface area (Å²) in [5.74, 6) is -0.472. The molecule has 0 aliphatic rings. The summed E-state index contributed by atoms with van der Waals surface area (Å²) in [7, 11) is 0. The first kappa shape index (κ1) is 17.9. The van der Waals surface area contributed by atoms with Crippen molar-refractivity contribution in [2.24, 2.45) is 0 Å². The van der Waals surface area contributed by atoms with E-state index < -0.39 is 5.82 Å². The van der Waals surface area contributed by atoms with Gasteiger partial charge in [-0.3, -0.25) is 0 Å². The van der Waals surface area contributed by atoms with Crippen LogP contribution in [-0.2, 0) is 19.3 Å². The summed E-state index contributed by atoms with van der Waals surface area (Å²) < 4.78 is 13.8. The van der Waals surface area contributed by atoms with Crippen LogP contribution in [0.1, 0.15) is 35.6 Å². The molecule has 0 aliphatic heterocycles. The molecule has 3 rings (SSSR count). The Labute approximate surface area is 154 Å². The zero-order valence-corrected chi connectivity index (χ0v) is 15.0. The molecule has 0 aliphatic carbocycles. The first-order chi connectivity index (χ1) is 12.7. The molecule has 0 saturated carbocycles. The first-order valence-electron chi connectivity index (χ1n) is 9.06. The van der Waals surface area contributed by atoms with Gasteiger partial charge in [-0.2, -0.15) is 5.26 Å². The molecule has 3 aromatic carbocycles. The van der Waals surface area contributed by atoms with E-state index in [4.69, 9.17) is 5.26 Å². The van der Waals surface area contributed by atoms with Crippen molar-refractivity contribution in [1.82, 2.24) is 0 Å². The Kier molecular flexibility index (Phi) is 5.81. The highest BCUT2D eigenvalue weighted by atomic mass is 19.1. The molecule has 2 heteroatoms. The fourth-order valence-corrected chi connectivity index (χ4v) is 3.10. The molecular formula is C24H22FN. The van der Waals surface area contributed by atoms with Gasteiger partial charge in [0.1, 0.15) is 11.9 Å². The molecule has 0 unspecified atom stereocenters. The maximum absolute atomic E-state index is 13.8. The van der Waals surface area contributed by atoms with Crippen molar-refractivity contribution in [2.75, 3.05) is 0 Å². The van der Waals surface area contributed by atoms with E-state index in [1.165, 1.54) is 35.2 Å². The second kappa shape index (κ2) is 8.45. The third-order valence-corrected chi connectivity index (χ3v) is 4.64. The van der Waals surface area contributed by atoms with E-state index >= 15 is 0 Å². The Morgan fingerprint density at radius 1 is 0.731 bits per heavy atom. The van der Waals surface area contributed by atoms with E-state index in [1.807, 2.05) is 18.2 Å². The lowest BCUT2D eigenvalue weighted by atomic mass is 9.99. The Bertz CT molecular complexity index is 902. The van der Waals surface area contributed by atoms with Crippen molar-refractivity contribution in [2.45, 2.75) is 32.6 Å². The smallest absolute Gasteiger partial charge is 0.141 e. The lowest BCUT2D eigenvalue weighted by molar-refractivity contribution is 0.624. The predicted octanol–water partition coefficient (Wildman–Crippen LogP) is 6.10. The molecule has 1 nitrogen and oxygen atoms in total.